The van der Waals surface area contributed by atoms with Crippen molar-refractivity contribution in [2.45, 2.75) is 34.6 Å². The summed E-state index contributed by atoms with van der Waals surface area (Å²) < 4.78 is 11.6. The van der Waals surface area contributed by atoms with E-state index < -0.39 is 6.09 Å². The molecule has 230 valence electrons. The largest absolute Gasteiger partial charge is 0.506 e. The number of phenols is 1. The normalized spacial score (nSPS) is 10.7. The van der Waals surface area contributed by atoms with Gasteiger partial charge in [0.1, 0.15) is 23.1 Å². The number of benzene rings is 3. The number of nitrogens with one attached hydrogen (secondary N) is 2. The molecule has 4 rings (SSSR count). The molecule has 0 aliphatic rings. The van der Waals surface area contributed by atoms with Gasteiger partial charge in [-0.2, -0.15) is 0 Å². The maximum atomic E-state index is 14.0. The smallest absolute Gasteiger partial charge is 0.424 e. The highest BCUT2D eigenvalue weighted by molar-refractivity contribution is 6.05. The summed E-state index contributed by atoms with van der Waals surface area (Å²) in [6.07, 6.45) is -0.728. The van der Waals surface area contributed by atoms with Gasteiger partial charge in [-0.05, 0) is 63.2 Å². The van der Waals surface area contributed by atoms with Gasteiger partial charge in [-0.3, -0.25) is 4.79 Å². The number of phenolic OH excluding ortho intramolecular Hbond substituents is 1. The minimum absolute atomic E-state index is 0.0301. The average molecular weight is 598 g/mol. The molecule has 0 aliphatic heterocycles. The zero-order valence-corrected chi connectivity index (χ0v) is 25.7. The van der Waals surface area contributed by atoms with Gasteiger partial charge in [0.25, 0.3) is 0 Å². The third kappa shape index (κ3) is 7.77. The number of ether oxygens (including phenoxy) is 2. The molecular weight excluding hydrogens is 558 g/mol. The Labute approximate surface area is 258 Å². The molecule has 0 aliphatic carbocycles. The van der Waals surface area contributed by atoms with Gasteiger partial charge in [0.15, 0.2) is 6.73 Å². The Morgan fingerprint density at radius 1 is 0.864 bits per heavy atom. The summed E-state index contributed by atoms with van der Waals surface area (Å²) in [7, 11) is 0. The number of aromatic nitrogens is 1. The Balaban J connectivity index is 1.82. The monoisotopic (exact) mass is 597 g/mol. The number of pyridine rings is 1. The molecule has 3 N–H and O–H groups in total. The van der Waals surface area contributed by atoms with Crippen LogP contribution >= 0.6 is 0 Å². The zero-order chi connectivity index (χ0) is 31.6. The van der Waals surface area contributed by atoms with Crippen molar-refractivity contribution in [2.75, 3.05) is 40.3 Å². The van der Waals surface area contributed by atoms with E-state index in [9.17, 15) is 14.7 Å². The molecule has 0 radical (unpaired) electrons. The van der Waals surface area contributed by atoms with E-state index in [0.717, 1.165) is 18.9 Å². The Kier molecular flexibility index (Phi) is 10.6. The molecule has 4 aromatic rings. The number of aryl methyl sites for hydroxylation is 1. The van der Waals surface area contributed by atoms with Crippen LogP contribution < -0.4 is 29.9 Å². The third-order valence-electron chi connectivity index (χ3n) is 6.88. The van der Waals surface area contributed by atoms with Crippen LogP contribution in [0.25, 0.3) is 0 Å². The summed E-state index contributed by atoms with van der Waals surface area (Å²) in [5, 5.41) is 16.9. The van der Waals surface area contributed by atoms with Crippen LogP contribution in [-0.4, -0.2) is 41.9 Å². The highest BCUT2D eigenvalue weighted by Crippen LogP contribution is 2.41. The van der Waals surface area contributed by atoms with Gasteiger partial charge in [0.2, 0.25) is 5.91 Å². The number of hydrogen-bond acceptors (Lipinski definition) is 8. The summed E-state index contributed by atoms with van der Waals surface area (Å²) in [6, 6.07) is 24.6. The average Bonchev–Trinajstić information content (AvgIpc) is 3.01. The quantitative estimate of drug-likeness (QED) is 0.115. The lowest BCUT2D eigenvalue weighted by molar-refractivity contribution is -0.118. The molecule has 44 heavy (non-hydrogen) atoms. The highest BCUT2D eigenvalue weighted by atomic mass is 16.6. The Hall–Kier alpha value is -5.25. The number of carbonyl (C=O) groups excluding carboxylic acids is 2. The van der Waals surface area contributed by atoms with Crippen molar-refractivity contribution in [1.82, 2.24) is 4.98 Å². The Morgan fingerprint density at radius 2 is 1.50 bits per heavy atom. The fourth-order valence-corrected chi connectivity index (χ4v) is 4.46. The topological polar surface area (TPSA) is 116 Å². The van der Waals surface area contributed by atoms with Crippen LogP contribution in [0.5, 0.6) is 17.2 Å². The van der Waals surface area contributed by atoms with Crippen molar-refractivity contribution in [2.24, 2.45) is 5.92 Å². The van der Waals surface area contributed by atoms with E-state index in [0.29, 0.717) is 22.9 Å². The fraction of sp³-hybridized carbons (Fsp3) is 0.265. The lowest BCUT2D eigenvalue weighted by Crippen LogP contribution is -2.32. The molecule has 3 aromatic carbocycles. The molecule has 0 unspecified atom stereocenters. The van der Waals surface area contributed by atoms with E-state index in [-0.39, 0.29) is 41.4 Å². The summed E-state index contributed by atoms with van der Waals surface area (Å²) in [6.45, 7) is 11.0. The van der Waals surface area contributed by atoms with Crippen LogP contribution in [0.1, 0.15) is 33.4 Å². The summed E-state index contributed by atoms with van der Waals surface area (Å²) in [5.41, 5.74) is 1.77. The zero-order valence-electron chi connectivity index (χ0n) is 25.7. The number of hydrogen-bond donors (Lipinski definition) is 3. The second-order valence-electron chi connectivity index (χ2n) is 10.3. The number of aromatic hydroxyl groups is 1. The SMILES string of the molecule is CCN(CC)c1ccc(N(C(=O)Oc2ccccc2)c2cc(NCOc3ccccc3)c(O)cc2NC(=O)C(C)C)c(C)n1. The van der Waals surface area contributed by atoms with Gasteiger partial charge in [-0.1, -0.05) is 50.2 Å². The van der Waals surface area contributed by atoms with Crippen LogP contribution in [0.4, 0.5) is 33.4 Å². The Morgan fingerprint density at radius 3 is 2.09 bits per heavy atom. The minimum atomic E-state index is -0.728. The lowest BCUT2D eigenvalue weighted by Gasteiger charge is -2.28. The molecule has 1 heterocycles. The van der Waals surface area contributed by atoms with Gasteiger partial charge in [-0.15, -0.1) is 0 Å². The van der Waals surface area contributed by atoms with Crippen LogP contribution in [0, 0.1) is 12.8 Å². The lowest BCUT2D eigenvalue weighted by atomic mass is 10.1. The van der Waals surface area contributed by atoms with Crippen molar-refractivity contribution in [3.63, 3.8) is 0 Å². The fourth-order valence-electron chi connectivity index (χ4n) is 4.46. The highest BCUT2D eigenvalue weighted by Gasteiger charge is 2.28. The number of amides is 2. The van der Waals surface area contributed by atoms with Crippen LogP contribution in [0.2, 0.25) is 0 Å². The first-order valence-corrected chi connectivity index (χ1v) is 14.6. The first-order valence-electron chi connectivity index (χ1n) is 14.6. The summed E-state index contributed by atoms with van der Waals surface area (Å²) in [4.78, 5) is 35.1. The van der Waals surface area contributed by atoms with Crippen molar-refractivity contribution in [3.8, 4) is 17.2 Å². The maximum absolute atomic E-state index is 14.0. The van der Waals surface area contributed by atoms with E-state index in [1.807, 2.05) is 63.2 Å². The molecule has 2 amide bonds. The Bertz CT molecular complexity index is 1560. The molecule has 1 aromatic heterocycles. The molecule has 0 fully saturated rings. The van der Waals surface area contributed by atoms with Crippen molar-refractivity contribution in [1.29, 1.82) is 0 Å². The van der Waals surface area contributed by atoms with Crippen LogP contribution in [0.15, 0.2) is 84.9 Å². The predicted molar refractivity (Wildman–Crippen MR) is 174 cm³/mol. The van der Waals surface area contributed by atoms with Gasteiger partial charge in [0, 0.05) is 25.1 Å². The molecule has 10 heteroatoms. The number of rotatable bonds is 12. The number of nitrogens with zero attached hydrogens (tertiary/aromatic N) is 3. The molecule has 0 spiro atoms. The number of anilines is 5. The first-order chi connectivity index (χ1) is 21.2. The van der Waals surface area contributed by atoms with Gasteiger partial charge in [-0.25, -0.2) is 14.7 Å². The van der Waals surface area contributed by atoms with Crippen molar-refractivity contribution >= 4 is 40.6 Å². The standard InChI is InChI=1S/C34H39N5O5/c1-6-38(7-2)32-19-18-29(24(5)36-32)39(34(42)44-26-16-12-9-13-17-26)30-20-28(35-22-43-25-14-10-8-11-15-25)31(40)21-27(30)37-33(41)23(3)4/h8-21,23,35,40H,6-7,22H2,1-5H3,(H,37,41). The number of carbonyl (C=O) groups is 2. The molecular formula is C34H39N5O5. The summed E-state index contributed by atoms with van der Waals surface area (Å²) >= 11 is 0. The van der Waals surface area contributed by atoms with E-state index in [2.05, 4.69) is 15.5 Å². The second kappa shape index (κ2) is 14.8. The van der Waals surface area contributed by atoms with Gasteiger partial charge < -0.3 is 30.1 Å². The van der Waals surface area contributed by atoms with E-state index >= 15 is 0 Å². The molecule has 10 nitrogen and oxygen atoms in total. The maximum Gasteiger partial charge on any atom is 0.424 e. The minimum Gasteiger partial charge on any atom is -0.506 e. The van der Waals surface area contributed by atoms with Crippen molar-refractivity contribution < 1.29 is 24.2 Å². The number of para-hydroxylation sites is 2. The van der Waals surface area contributed by atoms with E-state index in [1.165, 1.54) is 11.0 Å². The molecule has 0 bridgehead atoms. The third-order valence-corrected chi connectivity index (χ3v) is 6.88. The van der Waals surface area contributed by atoms with Crippen molar-refractivity contribution in [3.05, 3.63) is 90.6 Å². The van der Waals surface area contributed by atoms with E-state index in [1.54, 1.807) is 50.2 Å². The van der Waals surface area contributed by atoms with Gasteiger partial charge in [0.05, 0.1) is 28.4 Å². The van der Waals surface area contributed by atoms with Gasteiger partial charge >= 0.3 is 6.09 Å². The first kappa shape index (κ1) is 31.7. The molecule has 0 atom stereocenters. The predicted octanol–water partition coefficient (Wildman–Crippen LogP) is 7.32. The van der Waals surface area contributed by atoms with Crippen LogP contribution in [-0.2, 0) is 4.79 Å². The summed E-state index contributed by atoms with van der Waals surface area (Å²) in [5.74, 6) is 0.961. The molecule has 0 saturated carbocycles. The van der Waals surface area contributed by atoms with Crippen LogP contribution in [0.3, 0.4) is 0 Å². The van der Waals surface area contributed by atoms with E-state index in [4.69, 9.17) is 14.5 Å². The second-order valence-corrected chi connectivity index (χ2v) is 10.3. The molecule has 0 saturated heterocycles.